The maximum atomic E-state index is 13.4. The molecule has 0 aliphatic heterocycles. The molecule has 0 N–H and O–H groups in total. The lowest BCUT2D eigenvalue weighted by molar-refractivity contribution is 0.372. The molecule has 4 aromatic rings. The Bertz CT molecular complexity index is 945. The Morgan fingerprint density at radius 2 is 2.09 bits per heavy atom. The minimum atomic E-state index is -0.921. The summed E-state index contributed by atoms with van der Waals surface area (Å²) >= 11 is 1.54. The highest BCUT2D eigenvalue weighted by atomic mass is 32.1. The third kappa shape index (κ3) is 2.17. The summed E-state index contributed by atoms with van der Waals surface area (Å²) in [7, 11) is 0. The van der Waals surface area contributed by atoms with E-state index in [2.05, 4.69) is 15.1 Å². The molecule has 0 fully saturated rings. The predicted molar refractivity (Wildman–Crippen MR) is 76.4 cm³/mol. The van der Waals surface area contributed by atoms with Crippen molar-refractivity contribution >= 4 is 22.4 Å². The summed E-state index contributed by atoms with van der Waals surface area (Å²) in [5.41, 5.74) is 1.72. The summed E-state index contributed by atoms with van der Waals surface area (Å²) in [4.78, 5) is 8.33. The zero-order chi connectivity index (χ0) is 15.1. The molecule has 0 aliphatic carbocycles. The molecule has 8 heteroatoms. The monoisotopic (exact) mass is 318 g/mol. The Morgan fingerprint density at radius 3 is 2.91 bits per heavy atom. The van der Waals surface area contributed by atoms with Crippen molar-refractivity contribution in [2.75, 3.05) is 0 Å². The Hall–Kier alpha value is -2.61. The van der Waals surface area contributed by atoms with Crippen molar-refractivity contribution in [3.05, 3.63) is 52.8 Å². The number of halogens is 2. The fraction of sp³-hybridized carbons (Fsp3) is 0.0714. The van der Waals surface area contributed by atoms with Gasteiger partial charge in [-0.3, -0.25) is 0 Å². The molecule has 0 amide bonds. The van der Waals surface area contributed by atoms with Gasteiger partial charge in [-0.2, -0.15) is 16.3 Å². The highest BCUT2D eigenvalue weighted by molar-refractivity contribution is 7.08. The lowest BCUT2D eigenvalue weighted by Crippen LogP contribution is -1.99. The van der Waals surface area contributed by atoms with Crippen LogP contribution in [-0.4, -0.2) is 19.7 Å². The van der Waals surface area contributed by atoms with E-state index in [4.69, 9.17) is 4.52 Å². The normalized spacial score (nSPS) is 11.4. The number of hydrogen-bond donors (Lipinski definition) is 0. The highest BCUT2D eigenvalue weighted by Gasteiger charge is 2.13. The first-order chi connectivity index (χ1) is 10.7. The van der Waals surface area contributed by atoms with Gasteiger partial charge in [0.15, 0.2) is 11.6 Å². The topological polar surface area (TPSA) is 56.7 Å². The Labute approximate surface area is 126 Å². The molecule has 1 aromatic carbocycles. The van der Waals surface area contributed by atoms with Crippen molar-refractivity contribution in [1.29, 1.82) is 0 Å². The smallest absolute Gasteiger partial charge is 0.246 e. The molecular weight excluding hydrogens is 310 g/mol. The van der Waals surface area contributed by atoms with Gasteiger partial charge >= 0.3 is 0 Å². The van der Waals surface area contributed by atoms with E-state index in [1.165, 1.54) is 17.7 Å². The maximum absolute atomic E-state index is 13.4. The van der Waals surface area contributed by atoms with Gasteiger partial charge in [0, 0.05) is 23.1 Å². The van der Waals surface area contributed by atoms with E-state index in [9.17, 15) is 8.78 Å². The van der Waals surface area contributed by atoms with Crippen LogP contribution in [0.4, 0.5) is 8.78 Å². The first-order valence-electron chi connectivity index (χ1n) is 6.36. The van der Waals surface area contributed by atoms with E-state index in [1.54, 1.807) is 4.57 Å². The summed E-state index contributed by atoms with van der Waals surface area (Å²) in [6.07, 6.45) is 1.48. The zero-order valence-corrected chi connectivity index (χ0v) is 11.8. The second-order valence-electron chi connectivity index (χ2n) is 4.65. The molecule has 22 heavy (non-hydrogen) atoms. The maximum Gasteiger partial charge on any atom is 0.246 e. The van der Waals surface area contributed by atoms with Crippen molar-refractivity contribution in [2.24, 2.45) is 0 Å². The number of aromatic nitrogens is 4. The van der Waals surface area contributed by atoms with Crippen LogP contribution in [0.5, 0.6) is 0 Å². The van der Waals surface area contributed by atoms with E-state index in [1.807, 2.05) is 16.8 Å². The molecule has 0 aliphatic rings. The van der Waals surface area contributed by atoms with Gasteiger partial charge in [0.2, 0.25) is 11.7 Å². The summed E-state index contributed by atoms with van der Waals surface area (Å²) in [6.45, 7) is 0.235. The Morgan fingerprint density at radius 1 is 1.23 bits per heavy atom. The Balaban J connectivity index is 1.68. The van der Waals surface area contributed by atoms with Crippen LogP contribution in [0.3, 0.4) is 0 Å². The van der Waals surface area contributed by atoms with Crippen molar-refractivity contribution in [3.8, 4) is 11.4 Å². The molecule has 4 rings (SSSR count). The van der Waals surface area contributed by atoms with Crippen molar-refractivity contribution in [3.63, 3.8) is 0 Å². The van der Waals surface area contributed by atoms with Gasteiger partial charge in [-0.25, -0.2) is 13.8 Å². The second-order valence-corrected chi connectivity index (χ2v) is 5.43. The Kier molecular flexibility index (Phi) is 2.97. The molecule has 0 radical (unpaired) electrons. The number of hydrogen-bond acceptors (Lipinski definition) is 5. The standard InChI is InChI=1S/C14H8F2N4OS/c15-9-3-11-12(4-10(9)16)20(7-17-11)5-13-18-14(19-21-13)8-1-2-22-6-8/h1-4,6-7H,5H2. The molecule has 0 spiro atoms. The molecule has 3 heterocycles. The van der Waals surface area contributed by atoms with Crippen LogP contribution in [0.2, 0.25) is 0 Å². The molecular formula is C14H8F2N4OS. The van der Waals surface area contributed by atoms with E-state index in [0.717, 1.165) is 17.7 Å². The van der Waals surface area contributed by atoms with Gasteiger partial charge < -0.3 is 9.09 Å². The SMILES string of the molecule is Fc1cc2ncn(Cc3nc(-c4ccsc4)no3)c2cc1F. The molecule has 5 nitrogen and oxygen atoms in total. The van der Waals surface area contributed by atoms with E-state index < -0.39 is 11.6 Å². The third-order valence-corrected chi connectivity index (χ3v) is 3.90. The van der Waals surface area contributed by atoms with Crippen LogP contribution in [0.1, 0.15) is 5.89 Å². The lowest BCUT2D eigenvalue weighted by Gasteiger charge is -2.00. The number of nitrogens with zero attached hydrogens (tertiary/aromatic N) is 4. The van der Waals surface area contributed by atoms with Gasteiger partial charge in [-0.15, -0.1) is 0 Å². The quantitative estimate of drug-likeness (QED) is 0.580. The van der Waals surface area contributed by atoms with Crippen LogP contribution in [0.25, 0.3) is 22.4 Å². The van der Waals surface area contributed by atoms with Crippen molar-refractivity contribution in [1.82, 2.24) is 19.7 Å². The fourth-order valence-corrected chi connectivity index (χ4v) is 2.79. The second kappa shape index (κ2) is 4.99. The van der Waals surface area contributed by atoms with Gasteiger partial charge in [-0.05, 0) is 11.4 Å². The number of imidazole rings is 1. The van der Waals surface area contributed by atoms with Crippen LogP contribution in [0.15, 0.2) is 39.8 Å². The average Bonchev–Trinajstić information content (AvgIpc) is 3.22. The summed E-state index contributed by atoms with van der Waals surface area (Å²) in [5, 5.41) is 7.74. The van der Waals surface area contributed by atoms with Crippen LogP contribution in [0, 0.1) is 11.6 Å². The number of rotatable bonds is 3. The fourth-order valence-electron chi connectivity index (χ4n) is 2.15. The molecule has 3 aromatic heterocycles. The van der Waals surface area contributed by atoms with Gasteiger partial charge in [0.05, 0.1) is 17.4 Å². The number of benzene rings is 1. The molecule has 0 bridgehead atoms. The molecule has 0 atom stereocenters. The van der Waals surface area contributed by atoms with Gasteiger partial charge in [0.1, 0.15) is 6.54 Å². The largest absolute Gasteiger partial charge is 0.337 e. The first kappa shape index (κ1) is 13.1. The van der Waals surface area contributed by atoms with Gasteiger partial charge in [0.25, 0.3) is 0 Å². The summed E-state index contributed by atoms with van der Waals surface area (Å²) in [5.74, 6) is -0.975. The van der Waals surface area contributed by atoms with Crippen LogP contribution < -0.4 is 0 Å². The number of thiophene rings is 1. The van der Waals surface area contributed by atoms with E-state index in [0.29, 0.717) is 22.7 Å². The minimum absolute atomic E-state index is 0.235. The minimum Gasteiger partial charge on any atom is -0.337 e. The zero-order valence-electron chi connectivity index (χ0n) is 11.0. The third-order valence-electron chi connectivity index (χ3n) is 3.22. The van der Waals surface area contributed by atoms with E-state index >= 15 is 0 Å². The summed E-state index contributed by atoms with van der Waals surface area (Å²) < 4.78 is 33.4. The molecule has 0 unspecified atom stereocenters. The predicted octanol–water partition coefficient (Wildman–Crippen LogP) is 3.47. The highest BCUT2D eigenvalue weighted by Crippen LogP contribution is 2.21. The molecule has 0 saturated heterocycles. The molecule has 0 saturated carbocycles. The molecule has 110 valence electrons. The van der Waals surface area contributed by atoms with Crippen LogP contribution >= 0.6 is 11.3 Å². The average molecular weight is 318 g/mol. The first-order valence-corrected chi connectivity index (χ1v) is 7.30. The summed E-state index contributed by atoms with van der Waals surface area (Å²) in [6, 6.07) is 4.06. The van der Waals surface area contributed by atoms with E-state index in [-0.39, 0.29) is 6.54 Å². The van der Waals surface area contributed by atoms with Gasteiger partial charge in [-0.1, -0.05) is 5.16 Å². The van der Waals surface area contributed by atoms with Crippen LogP contribution in [-0.2, 0) is 6.54 Å². The van der Waals surface area contributed by atoms with Crippen molar-refractivity contribution < 1.29 is 13.3 Å². The van der Waals surface area contributed by atoms with Crippen molar-refractivity contribution in [2.45, 2.75) is 6.54 Å². The lowest BCUT2D eigenvalue weighted by atomic mass is 10.3. The number of fused-ring (bicyclic) bond motifs is 1.